The van der Waals surface area contributed by atoms with Gasteiger partial charge in [-0.2, -0.15) is 0 Å². The predicted molar refractivity (Wildman–Crippen MR) is 124 cm³/mol. The summed E-state index contributed by atoms with van der Waals surface area (Å²) in [7, 11) is 0. The maximum absolute atomic E-state index is 15.4. The summed E-state index contributed by atoms with van der Waals surface area (Å²) < 4.78 is 36.1. The summed E-state index contributed by atoms with van der Waals surface area (Å²) >= 11 is 6.13. The lowest BCUT2D eigenvalue weighted by Gasteiger charge is -2.52. The number of nitrogens with zero attached hydrogens (tertiary/aromatic N) is 1. The van der Waals surface area contributed by atoms with E-state index in [1.54, 1.807) is 0 Å². The highest BCUT2D eigenvalue weighted by atomic mass is 35.5. The Bertz CT molecular complexity index is 961. The number of benzene rings is 2. The summed E-state index contributed by atoms with van der Waals surface area (Å²) in [4.78, 5) is 2.57. The van der Waals surface area contributed by atoms with Crippen molar-refractivity contribution in [2.24, 2.45) is 17.8 Å². The predicted octanol–water partition coefficient (Wildman–Crippen LogP) is 6.64. The molecule has 0 aromatic heterocycles. The molecule has 0 bridgehead atoms. The first-order valence-corrected chi connectivity index (χ1v) is 12.5. The molecule has 3 atom stereocenters. The van der Waals surface area contributed by atoms with Crippen LogP contribution in [0.2, 0.25) is 5.02 Å². The van der Waals surface area contributed by atoms with Crippen molar-refractivity contribution in [1.82, 2.24) is 4.90 Å². The maximum atomic E-state index is 15.4. The fourth-order valence-electron chi connectivity index (χ4n) is 6.26. The fraction of sp³-hybridized carbons (Fsp3) is 0.556. The molecule has 3 aliphatic rings. The Labute approximate surface area is 194 Å². The Kier molecular flexibility index (Phi) is 6.19. The van der Waals surface area contributed by atoms with Crippen LogP contribution < -0.4 is 4.74 Å². The third kappa shape index (κ3) is 4.17. The van der Waals surface area contributed by atoms with Gasteiger partial charge in [0.05, 0.1) is 6.61 Å². The van der Waals surface area contributed by atoms with E-state index in [1.807, 2.05) is 24.3 Å². The van der Waals surface area contributed by atoms with E-state index in [2.05, 4.69) is 11.8 Å². The number of rotatable bonds is 7. The second-order valence-electron chi connectivity index (χ2n) is 10.1. The summed E-state index contributed by atoms with van der Waals surface area (Å²) in [6.07, 6.45) is 6.34. The van der Waals surface area contributed by atoms with Crippen molar-refractivity contribution in [2.75, 3.05) is 26.2 Å². The summed E-state index contributed by atoms with van der Waals surface area (Å²) in [5.41, 5.74) is 1.11. The SMILES string of the molecule is CCN(CC1CC1)C[C@@H]1CCC[C@@]2(Cc3ccc(Cl)cc3)c3c(F)ccc(F)c3OCC12. The van der Waals surface area contributed by atoms with Gasteiger partial charge < -0.3 is 9.64 Å². The molecule has 2 aromatic rings. The van der Waals surface area contributed by atoms with Crippen LogP contribution in [-0.4, -0.2) is 31.1 Å². The second kappa shape index (κ2) is 8.95. The van der Waals surface area contributed by atoms with E-state index in [0.717, 1.165) is 50.4 Å². The Balaban J connectivity index is 1.54. The highest BCUT2D eigenvalue weighted by Crippen LogP contribution is 2.55. The van der Waals surface area contributed by atoms with Crippen LogP contribution >= 0.6 is 11.6 Å². The smallest absolute Gasteiger partial charge is 0.165 e. The Morgan fingerprint density at radius 2 is 1.78 bits per heavy atom. The highest BCUT2D eigenvalue weighted by Gasteiger charge is 2.52. The van der Waals surface area contributed by atoms with Gasteiger partial charge in [0.25, 0.3) is 0 Å². The van der Waals surface area contributed by atoms with Gasteiger partial charge in [0.15, 0.2) is 11.6 Å². The quantitative estimate of drug-likeness (QED) is 0.460. The van der Waals surface area contributed by atoms with Crippen LogP contribution in [0, 0.1) is 29.4 Å². The van der Waals surface area contributed by atoms with Crippen LogP contribution in [0.5, 0.6) is 5.75 Å². The molecule has 2 saturated carbocycles. The number of halogens is 3. The molecule has 0 radical (unpaired) electrons. The minimum Gasteiger partial charge on any atom is -0.490 e. The summed E-state index contributed by atoms with van der Waals surface area (Å²) in [5, 5.41) is 0.688. The molecular weight excluding hydrogens is 428 g/mol. The molecule has 1 heterocycles. The van der Waals surface area contributed by atoms with Gasteiger partial charge in [-0.1, -0.05) is 37.1 Å². The zero-order valence-electron chi connectivity index (χ0n) is 18.8. The maximum Gasteiger partial charge on any atom is 0.165 e. The molecule has 0 saturated heterocycles. The molecule has 1 unspecified atom stereocenters. The minimum atomic E-state index is -0.463. The van der Waals surface area contributed by atoms with Gasteiger partial charge in [-0.05, 0) is 80.3 Å². The number of ether oxygens (including phenoxy) is 1. The lowest BCUT2D eigenvalue weighted by Crippen LogP contribution is -2.53. The lowest BCUT2D eigenvalue weighted by atomic mass is 9.55. The number of fused-ring (bicyclic) bond motifs is 3. The Morgan fingerprint density at radius 3 is 2.50 bits per heavy atom. The fourth-order valence-corrected chi connectivity index (χ4v) is 6.38. The lowest BCUT2D eigenvalue weighted by molar-refractivity contribution is 0.0170. The van der Waals surface area contributed by atoms with Gasteiger partial charge in [0.1, 0.15) is 5.82 Å². The number of hydrogen-bond acceptors (Lipinski definition) is 2. The molecule has 5 rings (SSSR count). The Hall–Kier alpha value is -1.65. The van der Waals surface area contributed by atoms with Crippen molar-refractivity contribution in [2.45, 2.75) is 50.9 Å². The standard InChI is InChI=1S/C27H32ClF2NO/c1-2-31(15-19-5-6-19)16-20-4-3-13-27(14-18-7-9-21(28)10-8-18)22(20)17-32-26-24(30)12-11-23(29)25(26)27/h7-12,19-20,22H,2-6,13-17H2,1H3/t20-,22?,27-/m0/s1. The van der Waals surface area contributed by atoms with E-state index in [-0.39, 0.29) is 17.5 Å². The van der Waals surface area contributed by atoms with Crippen LogP contribution in [0.4, 0.5) is 8.78 Å². The third-order valence-corrected chi connectivity index (χ3v) is 8.28. The molecule has 0 N–H and O–H groups in total. The summed E-state index contributed by atoms with van der Waals surface area (Å²) in [6, 6.07) is 10.3. The van der Waals surface area contributed by atoms with Crippen molar-refractivity contribution in [1.29, 1.82) is 0 Å². The van der Waals surface area contributed by atoms with Crippen LogP contribution in [0.3, 0.4) is 0 Å². The van der Waals surface area contributed by atoms with Gasteiger partial charge in [-0.25, -0.2) is 8.78 Å². The van der Waals surface area contributed by atoms with Crippen molar-refractivity contribution in [3.63, 3.8) is 0 Å². The molecular formula is C27H32ClF2NO. The van der Waals surface area contributed by atoms with E-state index in [0.29, 0.717) is 29.5 Å². The van der Waals surface area contributed by atoms with E-state index in [1.165, 1.54) is 25.0 Å². The van der Waals surface area contributed by atoms with Crippen molar-refractivity contribution >= 4 is 11.6 Å². The third-order valence-electron chi connectivity index (χ3n) is 8.03. The molecule has 5 heteroatoms. The van der Waals surface area contributed by atoms with Crippen LogP contribution in [0.1, 0.15) is 50.2 Å². The largest absolute Gasteiger partial charge is 0.490 e. The Morgan fingerprint density at radius 1 is 1.03 bits per heavy atom. The van der Waals surface area contributed by atoms with Gasteiger partial charge in [0.2, 0.25) is 0 Å². The van der Waals surface area contributed by atoms with Gasteiger partial charge >= 0.3 is 0 Å². The molecule has 2 nitrogen and oxygen atoms in total. The number of hydrogen-bond donors (Lipinski definition) is 0. The molecule has 1 aliphatic heterocycles. The van der Waals surface area contributed by atoms with E-state index in [9.17, 15) is 4.39 Å². The summed E-state index contributed by atoms with van der Waals surface area (Å²) in [5.74, 6) is 0.732. The zero-order valence-corrected chi connectivity index (χ0v) is 19.5. The van der Waals surface area contributed by atoms with Gasteiger partial charge in [-0.15, -0.1) is 0 Å². The summed E-state index contributed by atoms with van der Waals surface area (Å²) in [6.45, 7) is 5.88. The molecule has 172 valence electrons. The van der Waals surface area contributed by atoms with Crippen molar-refractivity contribution in [3.8, 4) is 5.75 Å². The normalized spacial score (nSPS) is 27.0. The molecule has 0 amide bonds. The first-order valence-electron chi connectivity index (χ1n) is 12.1. The molecule has 2 fully saturated rings. The van der Waals surface area contributed by atoms with Gasteiger partial charge in [-0.3, -0.25) is 0 Å². The van der Waals surface area contributed by atoms with E-state index >= 15 is 4.39 Å². The van der Waals surface area contributed by atoms with Crippen molar-refractivity contribution in [3.05, 3.63) is 64.2 Å². The average Bonchev–Trinajstić information content (AvgIpc) is 3.61. The van der Waals surface area contributed by atoms with Crippen LogP contribution in [0.25, 0.3) is 0 Å². The van der Waals surface area contributed by atoms with E-state index in [4.69, 9.17) is 16.3 Å². The van der Waals surface area contributed by atoms with Crippen molar-refractivity contribution < 1.29 is 13.5 Å². The minimum absolute atomic E-state index is 0.126. The monoisotopic (exact) mass is 459 g/mol. The average molecular weight is 460 g/mol. The molecule has 2 aliphatic carbocycles. The van der Waals surface area contributed by atoms with E-state index < -0.39 is 11.2 Å². The highest BCUT2D eigenvalue weighted by molar-refractivity contribution is 6.30. The first-order chi connectivity index (χ1) is 15.5. The molecule has 0 spiro atoms. The second-order valence-corrected chi connectivity index (χ2v) is 10.5. The van der Waals surface area contributed by atoms with Crippen LogP contribution in [-0.2, 0) is 11.8 Å². The molecule has 32 heavy (non-hydrogen) atoms. The first kappa shape index (κ1) is 22.2. The zero-order chi connectivity index (χ0) is 22.3. The topological polar surface area (TPSA) is 12.5 Å². The van der Waals surface area contributed by atoms with Crippen LogP contribution in [0.15, 0.2) is 36.4 Å². The van der Waals surface area contributed by atoms with Gasteiger partial charge in [0, 0.05) is 35.0 Å². The molecule has 2 aromatic carbocycles.